The molecule has 0 aliphatic heterocycles. The van der Waals surface area contributed by atoms with E-state index in [1.165, 1.54) is 4.31 Å². The summed E-state index contributed by atoms with van der Waals surface area (Å²) in [5, 5.41) is 2.93. The van der Waals surface area contributed by atoms with Gasteiger partial charge in [-0.05, 0) is 54.8 Å². The van der Waals surface area contributed by atoms with Crippen LogP contribution in [0, 0.1) is 0 Å². The molecule has 1 amide bonds. The van der Waals surface area contributed by atoms with Gasteiger partial charge < -0.3 is 5.32 Å². The zero-order chi connectivity index (χ0) is 18.0. The van der Waals surface area contributed by atoms with Gasteiger partial charge in [0.25, 0.3) is 5.91 Å². The molecule has 2 aromatic carbocycles. The Labute approximate surface area is 156 Å². The van der Waals surface area contributed by atoms with Crippen LogP contribution in [0.15, 0.2) is 57.9 Å². The normalized spacial score (nSPS) is 14.5. The molecule has 2 aromatic rings. The number of carbonyl (C=O) groups excluding carboxylic acids is 1. The van der Waals surface area contributed by atoms with Gasteiger partial charge >= 0.3 is 0 Å². The number of hydrogen-bond acceptors (Lipinski definition) is 3. The van der Waals surface area contributed by atoms with Crippen molar-refractivity contribution in [2.45, 2.75) is 30.3 Å². The number of sulfonamides is 1. The molecule has 0 heterocycles. The zero-order valence-corrected chi connectivity index (χ0v) is 16.2. The molecule has 0 spiro atoms. The van der Waals surface area contributed by atoms with Crippen molar-refractivity contribution in [1.82, 2.24) is 9.62 Å². The van der Waals surface area contributed by atoms with Gasteiger partial charge in [0.2, 0.25) is 10.0 Å². The summed E-state index contributed by atoms with van der Waals surface area (Å²) in [6.45, 7) is 0.239. The Morgan fingerprint density at radius 1 is 1.12 bits per heavy atom. The highest BCUT2D eigenvalue weighted by molar-refractivity contribution is 9.10. The molecule has 1 saturated carbocycles. The maximum atomic E-state index is 12.6. The van der Waals surface area contributed by atoms with Gasteiger partial charge in [-0.2, -0.15) is 4.31 Å². The molecule has 1 aliphatic carbocycles. The Morgan fingerprint density at radius 2 is 1.72 bits per heavy atom. The van der Waals surface area contributed by atoms with Crippen LogP contribution >= 0.6 is 15.9 Å². The van der Waals surface area contributed by atoms with Crippen LogP contribution in [0.1, 0.15) is 28.8 Å². The van der Waals surface area contributed by atoms with Crippen LogP contribution in [-0.2, 0) is 16.6 Å². The van der Waals surface area contributed by atoms with Gasteiger partial charge in [-0.25, -0.2) is 8.42 Å². The first-order valence-electron chi connectivity index (χ1n) is 7.98. The van der Waals surface area contributed by atoms with E-state index in [4.69, 9.17) is 0 Å². The minimum atomic E-state index is -3.55. The van der Waals surface area contributed by atoms with Gasteiger partial charge in [-0.15, -0.1) is 0 Å². The van der Waals surface area contributed by atoms with Crippen LogP contribution in [0.4, 0.5) is 0 Å². The number of amides is 1. The van der Waals surface area contributed by atoms with Crippen molar-refractivity contribution in [1.29, 1.82) is 0 Å². The van der Waals surface area contributed by atoms with E-state index in [0.29, 0.717) is 11.6 Å². The fourth-order valence-electron chi connectivity index (χ4n) is 2.39. The van der Waals surface area contributed by atoms with Crippen LogP contribution in [0.25, 0.3) is 0 Å². The number of rotatable bonds is 6. The fourth-order valence-corrected chi connectivity index (χ4v) is 3.81. The van der Waals surface area contributed by atoms with Crippen LogP contribution in [-0.4, -0.2) is 31.7 Å². The lowest BCUT2D eigenvalue weighted by Crippen LogP contribution is -2.27. The van der Waals surface area contributed by atoms with Gasteiger partial charge in [0.1, 0.15) is 0 Å². The van der Waals surface area contributed by atoms with Crippen molar-refractivity contribution in [3.8, 4) is 0 Å². The second-order valence-electron chi connectivity index (χ2n) is 6.16. The molecule has 3 rings (SSSR count). The quantitative estimate of drug-likeness (QED) is 0.777. The van der Waals surface area contributed by atoms with Gasteiger partial charge in [-0.3, -0.25) is 4.79 Å². The average Bonchev–Trinajstić information content (AvgIpc) is 3.39. The SMILES string of the molecule is CN(Cc1ccc(C(=O)NC2CC2)cc1)S(=O)(=O)c1ccc(Br)cc1. The monoisotopic (exact) mass is 422 g/mol. The van der Waals surface area contributed by atoms with Crippen molar-refractivity contribution < 1.29 is 13.2 Å². The minimum Gasteiger partial charge on any atom is -0.349 e. The zero-order valence-electron chi connectivity index (χ0n) is 13.8. The molecule has 0 atom stereocenters. The summed E-state index contributed by atoms with van der Waals surface area (Å²) in [5.41, 5.74) is 1.42. The molecule has 132 valence electrons. The van der Waals surface area contributed by atoms with E-state index >= 15 is 0 Å². The molecule has 0 unspecified atom stereocenters. The summed E-state index contributed by atoms with van der Waals surface area (Å²) in [6, 6.07) is 13.9. The first-order chi connectivity index (χ1) is 11.9. The van der Waals surface area contributed by atoms with E-state index in [2.05, 4.69) is 21.2 Å². The maximum Gasteiger partial charge on any atom is 0.251 e. The third kappa shape index (κ3) is 4.48. The van der Waals surface area contributed by atoms with Crippen molar-refractivity contribution in [2.24, 2.45) is 0 Å². The lowest BCUT2D eigenvalue weighted by molar-refractivity contribution is 0.0951. The molecule has 0 bridgehead atoms. The summed E-state index contributed by atoms with van der Waals surface area (Å²) >= 11 is 3.30. The summed E-state index contributed by atoms with van der Waals surface area (Å²) in [4.78, 5) is 12.2. The van der Waals surface area contributed by atoms with Gasteiger partial charge in [0, 0.05) is 29.7 Å². The van der Waals surface area contributed by atoms with Gasteiger partial charge in [0.15, 0.2) is 0 Å². The number of hydrogen-bond donors (Lipinski definition) is 1. The molecule has 1 aliphatic rings. The second kappa shape index (κ2) is 7.27. The van der Waals surface area contributed by atoms with E-state index in [0.717, 1.165) is 22.9 Å². The Balaban J connectivity index is 1.68. The Kier molecular flexibility index (Phi) is 5.27. The van der Waals surface area contributed by atoms with Gasteiger partial charge in [-0.1, -0.05) is 28.1 Å². The van der Waals surface area contributed by atoms with Crippen LogP contribution in [0.5, 0.6) is 0 Å². The van der Waals surface area contributed by atoms with Crippen molar-refractivity contribution >= 4 is 31.9 Å². The molecule has 1 N–H and O–H groups in total. The molecule has 7 heteroatoms. The third-order valence-corrected chi connectivity index (χ3v) is 6.40. The third-order valence-electron chi connectivity index (χ3n) is 4.06. The lowest BCUT2D eigenvalue weighted by atomic mass is 10.1. The predicted octanol–water partition coefficient (Wildman–Crippen LogP) is 3.16. The molecule has 1 fully saturated rings. The summed E-state index contributed by atoms with van der Waals surface area (Å²) in [6.07, 6.45) is 2.09. The van der Waals surface area contributed by atoms with E-state index < -0.39 is 10.0 Å². The standard InChI is InChI=1S/C18H19BrN2O3S/c1-21(25(23,24)17-10-6-15(19)7-11-17)12-13-2-4-14(5-3-13)18(22)20-16-8-9-16/h2-7,10-11,16H,8-9,12H2,1H3,(H,20,22). The van der Waals surface area contributed by atoms with Gasteiger partial charge in [0.05, 0.1) is 4.90 Å². The number of nitrogens with zero attached hydrogens (tertiary/aromatic N) is 1. The smallest absolute Gasteiger partial charge is 0.251 e. The fraction of sp³-hybridized carbons (Fsp3) is 0.278. The van der Waals surface area contributed by atoms with E-state index in [9.17, 15) is 13.2 Å². The molecule has 0 saturated heterocycles. The summed E-state index contributed by atoms with van der Waals surface area (Å²) < 4.78 is 27.3. The number of benzene rings is 2. The van der Waals surface area contributed by atoms with Crippen LogP contribution in [0.3, 0.4) is 0 Å². The molecule has 0 aromatic heterocycles. The van der Waals surface area contributed by atoms with Crippen molar-refractivity contribution in [3.05, 3.63) is 64.1 Å². The lowest BCUT2D eigenvalue weighted by Gasteiger charge is -2.17. The van der Waals surface area contributed by atoms with E-state index in [1.54, 1.807) is 55.6 Å². The minimum absolute atomic E-state index is 0.0788. The molecular weight excluding hydrogens is 404 g/mol. The van der Waals surface area contributed by atoms with Crippen molar-refractivity contribution in [2.75, 3.05) is 7.05 Å². The molecule has 25 heavy (non-hydrogen) atoms. The summed E-state index contributed by atoms with van der Waals surface area (Å²) in [7, 11) is -2.01. The molecule has 5 nitrogen and oxygen atoms in total. The van der Waals surface area contributed by atoms with Crippen LogP contribution in [0.2, 0.25) is 0 Å². The highest BCUT2D eigenvalue weighted by Crippen LogP contribution is 2.21. The highest BCUT2D eigenvalue weighted by atomic mass is 79.9. The molecular formula is C18H19BrN2O3S. The van der Waals surface area contributed by atoms with E-state index in [-0.39, 0.29) is 17.3 Å². The Hall–Kier alpha value is -1.70. The Bertz CT molecular complexity index is 860. The molecule has 0 radical (unpaired) electrons. The maximum absolute atomic E-state index is 12.6. The number of halogens is 1. The largest absolute Gasteiger partial charge is 0.349 e. The predicted molar refractivity (Wildman–Crippen MR) is 99.7 cm³/mol. The highest BCUT2D eigenvalue weighted by Gasteiger charge is 2.24. The van der Waals surface area contributed by atoms with Crippen LogP contribution < -0.4 is 5.32 Å². The topological polar surface area (TPSA) is 66.5 Å². The van der Waals surface area contributed by atoms with E-state index in [1.807, 2.05) is 0 Å². The first-order valence-corrected chi connectivity index (χ1v) is 10.2. The average molecular weight is 423 g/mol. The number of carbonyl (C=O) groups is 1. The van der Waals surface area contributed by atoms with Crippen molar-refractivity contribution in [3.63, 3.8) is 0 Å². The summed E-state index contributed by atoms with van der Waals surface area (Å²) in [5.74, 6) is -0.0788. The Morgan fingerprint density at radius 3 is 2.28 bits per heavy atom. The first kappa shape index (κ1) is 18.1. The second-order valence-corrected chi connectivity index (χ2v) is 9.12. The number of nitrogens with one attached hydrogen (secondary N) is 1.